The molecule has 1 unspecified atom stereocenters. The van der Waals surface area contributed by atoms with E-state index in [-0.39, 0.29) is 11.8 Å². The summed E-state index contributed by atoms with van der Waals surface area (Å²) >= 11 is 6.18. The Balaban J connectivity index is 2.36. The molecule has 1 aromatic carbocycles. The van der Waals surface area contributed by atoms with Gasteiger partial charge in [-0.2, -0.15) is 5.10 Å². The lowest BCUT2D eigenvalue weighted by atomic mass is 10.1. The van der Waals surface area contributed by atoms with E-state index in [9.17, 15) is 4.79 Å². The van der Waals surface area contributed by atoms with Gasteiger partial charge in [0.05, 0.1) is 10.7 Å². The molecule has 0 aliphatic heterocycles. The highest BCUT2D eigenvalue weighted by molar-refractivity contribution is 6.33. The second-order valence-electron chi connectivity index (χ2n) is 4.21. The summed E-state index contributed by atoms with van der Waals surface area (Å²) in [6.07, 6.45) is 3.42. The molecule has 0 aliphatic carbocycles. The van der Waals surface area contributed by atoms with Crippen molar-refractivity contribution in [3.8, 4) is 5.69 Å². The van der Waals surface area contributed by atoms with Crippen molar-refractivity contribution in [3.63, 3.8) is 0 Å². The minimum absolute atomic E-state index is 0.141. The Labute approximate surface area is 116 Å². The summed E-state index contributed by atoms with van der Waals surface area (Å²) in [5.74, 6) is -0.400. The smallest absolute Gasteiger partial charge is 0.228 e. The van der Waals surface area contributed by atoms with Crippen LogP contribution in [0.4, 0.5) is 5.69 Å². The Morgan fingerprint density at radius 2 is 2.32 bits per heavy atom. The number of aromatic nitrogens is 2. The van der Waals surface area contributed by atoms with E-state index in [1.165, 1.54) is 0 Å². The molecule has 1 aromatic heterocycles. The van der Waals surface area contributed by atoms with Gasteiger partial charge in [-0.25, -0.2) is 4.68 Å². The van der Waals surface area contributed by atoms with Crippen LogP contribution in [0.25, 0.3) is 5.69 Å². The zero-order valence-electron chi connectivity index (χ0n) is 10.5. The topological polar surface area (TPSA) is 72.9 Å². The SMILES string of the molecule is CC(CN)C(=O)Nc1cccc(Cl)c1-n1cccn1. The van der Waals surface area contributed by atoms with Gasteiger partial charge in [0.1, 0.15) is 5.69 Å². The number of hydrogen-bond acceptors (Lipinski definition) is 3. The van der Waals surface area contributed by atoms with E-state index in [0.29, 0.717) is 22.9 Å². The van der Waals surface area contributed by atoms with Crippen LogP contribution < -0.4 is 11.1 Å². The van der Waals surface area contributed by atoms with Gasteiger partial charge in [0.2, 0.25) is 5.91 Å². The summed E-state index contributed by atoms with van der Waals surface area (Å²) in [7, 11) is 0. The zero-order chi connectivity index (χ0) is 13.8. The molecule has 1 atom stereocenters. The van der Waals surface area contributed by atoms with Gasteiger partial charge in [0.25, 0.3) is 0 Å². The van der Waals surface area contributed by atoms with Gasteiger partial charge in [-0.05, 0) is 18.2 Å². The number of anilines is 1. The maximum Gasteiger partial charge on any atom is 0.228 e. The highest BCUT2D eigenvalue weighted by atomic mass is 35.5. The van der Waals surface area contributed by atoms with Crippen LogP contribution in [0, 0.1) is 5.92 Å². The molecule has 5 nitrogen and oxygen atoms in total. The third-order valence-corrected chi connectivity index (χ3v) is 3.08. The fourth-order valence-corrected chi connectivity index (χ4v) is 1.87. The normalized spacial score (nSPS) is 12.2. The van der Waals surface area contributed by atoms with Gasteiger partial charge in [0.15, 0.2) is 0 Å². The van der Waals surface area contributed by atoms with Crippen LogP contribution in [0.2, 0.25) is 5.02 Å². The Morgan fingerprint density at radius 1 is 1.53 bits per heavy atom. The number of hydrogen-bond donors (Lipinski definition) is 2. The number of rotatable bonds is 4. The third-order valence-electron chi connectivity index (χ3n) is 2.78. The van der Waals surface area contributed by atoms with E-state index >= 15 is 0 Å². The number of nitrogens with one attached hydrogen (secondary N) is 1. The first-order chi connectivity index (χ1) is 9.13. The zero-order valence-corrected chi connectivity index (χ0v) is 11.3. The molecule has 0 fully saturated rings. The van der Waals surface area contributed by atoms with Crippen molar-refractivity contribution in [3.05, 3.63) is 41.7 Å². The second-order valence-corrected chi connectivity index (χ2v) is 4.62. The highest BCUT2D eigenvalue weighted by Crippen LogP contribution is 2.28. The maximum atomic E-state index is 11.9. The quantitative estimate of drug-likeness (QED) is 0.899. The van der Waals surface area contributed by atoms with E-state index in [4.69, 9.17) is 17.3 Å². The van der Waals surface area contributed by atoms with Crippen LogP contribution in [0.1, 0.15) is 6.92 Å². The van der Waals surface area contributed by atoms with Gasteiger partial charge in [-0.15, -0.1) is 0 Å². The molecule has 1 heterocycles. The number of amides is 1. The van der Waals surface area contributed by atoms with Crippen molar-refractivity contribution < 1.29 is 4.79 Å². The van der Waals surface area contributed by atoms with Gasteiger partial charge in [-0.3, -0.25) is 4.79 Å². The number of benzene rings is 1. The average Bonchev–Trinajstić information content (AvgIpc) is 2.91. The predicted molar refractivity (Wildman–Crippen MR) is 75.4 cm³/mol. The van der Waals surface area contributed by atoms with Crippen LogP contribution in [0.3, 0.4) is 0 Å². The highest BCUT2D eigenvalue weighted by Gasteiger charge is 2.15. The molecule has 0 saturated heterocycles. The lowest BCUT2D eigenvalue weighted by Crippen LogP contribution is -2.27. The number of nitrogens with two attached hydrogens (primary N) is 1. The maximum absolute atomic E-state index is 11.9. The standard InChI is InChI=1S/C13H15ClN4O/c1-9(8-15)13(19)17-11-5-2-4-10(14)12(11)18-7-3-6-16-18/h2-7,9H,8,15H2,1H3,(H,17,19). The largest absolute Gasteiger partial charge is 0.330 e. The number of halogens is 1. The van der Waals surface area contributed by atoms with E-state index in [2.05, 4.69) is 10.4 Å². The minimum Gasteiger partial charge on any atom is -0.330 e. The number of para-hydroxylation sites is 1. The lowest BCUT2D eigenvalue weighted by Gasteiger charge is -2.14. The van der Waals surface area contributed by atoms with Crippen LogP contribution in [0.5, 0.6) is 0 Å². The summed E-state index contributed by atoms with van der Waals surface area (Å²) in [5.41, 5.74) is 6.74. The molecule has 6 heteroatoms. The molecular weight excluding hydrogens is 264 g/mol. The molecule has 0 aliphatic rings. The molecule has 2 rings (SSSR count). The van der Waals surface area contributed by atoms with Crippen molar-refractivity contribution in [1.29, 1.82) is 0 Å². The molecular formula is C13H15ClN4O. The molecule has 0 radical (unpaired) electrons. The molecule has 3 N–H and O–H groups in total. The lowest BCUT2D eigenvalue weighted by molar-refractivity contribution is -0.119. The molecule has 19 heavy (non-hydrogen) atoms. The van der Waals surface area contributed by atoms with Crippen molar-refractivity contribution >= 4 is 23.2 Å². The van der Waals surface area contributed by atoms with Gasteiger partial charge in [-0.1, -0.05) is 24.6 Å². The second kappa shape index (κ2) is 5.86. The summed E-state index contributed by atoms with van der Waals surface area (Å²) in [6, 6.07) is 7.10. The Bertz CT molecular complexity index is 568. The van der Waals surface area contributed by atoms with Crippen LogP contribution in [-0.2, 0) is 4.79 Å². The van der Waals surface area contributed by atoms with Crippen molar-refractivity contribution in [2.45, 2.75) is 6.92 Å². The predicted octanol–water partition coefficient (Wildman–Crippen LogP) is 2.06. The van der Waals surface area contributed by atoms with Crippen LogP contribution in [-0.4, -0.2) is 22.2 Å². The summed E-state index contributed by atoms with van der Waals surface area (Å²) in [5, 5.41) is 7.48. The fourth-order valence-electron chi connectivity index (χ4n) is 1.61. The molecule has 100 valence electrons. The molecule has 0 bridgehead atoms. The Morgan fingerprint density at radius 3 is 2.95 bits per heavy atom. The Kier molecular flexibility index (Phi) is 4.19. The number of carbonyl (C=O) groups is 1. The van der Waals surface area contributed by atoms with Crippen LogP contribution >= 0.6 is 11.6 Å². The average molecular weight is 279 g/mol. The fraction of sp³-hybridized carbons (Fsp3) is 0.231. The number of carbonyl (C=O) groups excluding carboxylic acids is 1. The summed E-state index contributed by atoms with van der Waals surface area (Å²) in [6.45, 7) is 2.07. The van der Waals surface area contributed by atoms with Crippen molar-refractivity contribution in [2.75, 3.05) is 11.9 Å². The van der Waals surface area contributed by atoms with Crippen LogP contribution in [0.15, 0.2) is 36.7 Å². The van der Waals surface area contributed by atoms with Crippen molar-refractivity contribution in [2.24, 2.45) is 11.7 Å². The van der Waals surface area contributed by atoms with E-state index < -0.39 is 0 Å². The number of nitrogens with zero attached hydrogens (tertiary/aromatic N) is 2. The molecule has 0 saturated carbocycles. The van der Waals surface area contributed by atoms with E-state index in [1.807, 2.05) is 0 Å². The molecule has 1 amide bonds. The third kappa shape index (κ3) is 2.94. The first-order valence-corrected chi connectivity index (χ1v) is 6.30. The van der Waals surface area contributed by atoms with Gasteiger partial charge < -0.3 is 11.1 Å². The summed E-state index contributed by atoms with van der Waals surface area (Å²) < 4.78 is 1.62. The van der Waals surface area contributed by atoms with Crippen molar-refractivity contribution in [1.82, 2.24) is 9.78 Å². The van der Waals surface area contributed by atoms with E-state index in [1.54, 1.807) is 48.3 Å². The minimum atomic E-state index is -0.260. The van der Waals surface area contributed by atoms with E-state index in [0.717, 1.165) is 0 Å². The molecule has 0 spiro atoms. The monoisotopic (exact) mass is 278 g/mol. The summed E-state index contributed by atoms with van der Waals surface area (Å²) in [4.78, 5) is 11.9. The van der Waals surface area contributed by atoms with Gasteiger partial charge in [0, 0.05) is 24.9 Å². The first-order valence-electron chi connectivity index (χ1n) is 5.93. The Hall–Kier alpha value is -1.85. The first kappa shape index (κ1) is 13.6. The van der Waals surface area contributed by atoms with Gasteiger partial charge >= 0.3 is 0 Å². The molecule has 2 aromatic rings.